The Balaban J connectivity index is 1.81. The molecule has 1 aliphatic rings. The van der Waals surface area contributed by atoms with Gasteiger partial charge in [0.1, 0.15) is 5.82 Å². The summed E-state index contributed by atoms with van der Waals surface area (Å²) in [5.74, 6) is -2.22. The number of amides is 2. The summed E-state index contributed by atoms with van der Waals surface area (Å²) in [7, 11) is 0. The van der Waals surface area contributed by atoms with E-state index in [4.69, 9.17) is 0 Å². The van der Waals surface area contributed by atoms with E-state index in [9.17, 15) is 32.3 Å². The predicted molar refractivity (Wildman–Crippen MR) is 106 cm³/mol. The molecule has 0 bridgehead atoms. The number of aryl methyl sites for hydroxylation is 1. The molecule has 31 heavy (non-hydrogen) atoms. The van der Waals surface area contributed by atoms with Gasteiger partial charge in [0.25, 0.3) is 5.91 Å². The second-order valence-electron chi connectivity index (χ2n) is 7.60. The van der Waals surface area contributed by atoms with Crippen molar-refractivity contribution in [3.8, 4) is 0 Å². The van der Waals surface area contributed by atoms with E-state index in [1.807, 2.05) is 0 Å². The van der Waals surface area contributed by atoms with E-state index in [1.54, 1.807) is 30.9 Å². The summed E-state index contributed by atoms with van der Waals surface area (Å²) in [6, 6.07) is 5.41. The Morgan fingerprint density at radius 1 is 1.26 bits per heavy atom. The van der Waals surface area contributed by atoms with Crippen LogP contribution in [0.3, 0.4) is 0 Å². The lowest BCUT2D eigenvalue weighted by atomic mass is 9.93. The van der Waals surface area contributed by atoms with Gasteiger partial charge in [-0.25, -0.2) is 4.39 Å². The van der Waals surface area contributed by atoms with Crippen LogP contribution >= 0.6 is 0 Å². The van der Waals surface area contributed by atoms with Crippen molar-refractivity contribution in [2.75, 3.05) is 18.5 Å². The van der Waals surface area contributed by atoms with Crippen LogP contribution < -0.4 is 5.32 Å². The summed E-state index contributed by atoms with van der Waals surface area (Å²) >= 11 is 0. The first kappa shape index (κ1) is 22.7. The first-order valence-electron chi connectivity index (χ1n) is 9.72. The number of nitrogens with zero attached hydrogens (tertiary/aromatic N) is 1. The molecular weight excluding hydrogens is 416 g/mol. The van der Waals surface area contributed by atoms with E-state index < -0.39 is 23.5 Å². The van der Waals surface area contributed by atoms with Crippen molar-refractivity contribution >= 4 is 17.5 Å². The molecule has 0 saturated carbocycles. The number of aliphatic hydroxyl groups is 1. The lowest BCUT2D eigenvalue weighted by molar-refractivity contribution is -0.140. The number of aliphatic hydroxyl groups excluding tert-OH is 1. The molecule has 9 heteroatoms. The minimum absolute atomic E-state index is 0.101. The number of benzene rings is 2. The summed E-state index contributed by atoms with van der Waals surface area (Å²) < 4.78 is 51.9. The Labute approximate surface area is 176 Å². The molecule has 2 aromatic rings. The molecular formula is C22H22F4N2O3. The van der Waals surface area contributed by atoms with E-state index >= 15 is 0 Å². The average Bonchev–Trinajstić information content (AvgIpc) is 2.69. The van der Waals surface area contributed by atoms with Crippen LogP contribution in [0.15, 0.2) is 30.3 Å². The SMILES string of the molecule is Cc1ccc2c(c1NC(=O)Cc1ccc(C(F)(F)F)c(F)c1)CCN([C@@H](C)CO)C2=O. The third-order valence-corrected chi connectivity index (χ3v) is 5.38. The van der Waals surface area contributed by atoms with Crippen molar-refractivity contribution < 1.29 is 32.3 Å². The molecule has 1 heterocycles. The number of hydrogen-bond donors (Lipinski definition) is 2. The van der Waals surface area contributed by atoms with Crippen LogP contribution in [0.25, 0.3) is 0 Å². The second-order valence-corrected chi connectivity index (χ2v) is 7.60. The highest BCUT2D eigenvalue weighted by molar-refractivity contribution is 6.01. The molecule has 5 nitrogen and oxygen atoms in total. The second kappa shape index (κ2) is 8.66. The first-order valence-corrected chi connectivity index (χ1v) is 9.72. The molecule has 2 amide bonds. The standard InChI is InChI=1S/C22H22F4N2O3/c1-12-3-5-16-15(7-8-28(21(16)31)13(2)11-29)20(12)27-19(30)10-14-4-6-17(18(23)9-14)22(24,25)26/h3-6,9,13,29H,7-8,10-11H2,1-2H3,(H,27,30)/t13-/m0/s1. The number of fused-ring (bicyclic) bond motifs is 1. The molecule has 0 radical (unpaired) electrons. The molecule has 0 spiro atoms. The maximum Gasteiger partial charge on any atom is 0.419 e. The molecule has 0 fully saturated rings. The lowest BCUT2D eigenvalue weighted by Gasteiger charge is -2.34. The highest BCUT2D eigenvalue weighted by Crippen LogP contribution is 2.32. The van der Waals surface area contributed by atoms with Gasteiger partial charge >= 0.3 is 6.18 Å². The van der Waals surface area contributed by atoms with Gasteiger partial charge in [-0.2, -0.15) is 13.2 Å². The molecule has 0 unspecified atom stereocenters. The Hall–Kier alpha value is -2.94. The van der Waals surface area contributed by atoms with Gasteiger partial charge in [0, 0.05) is 17.8 Å². The van der Waals surface area contributed by atoms with Crippen LogP contribution in [0.5, 0.6) is 0 Å². The number of hydrogen-bond acceptors (Lipinski definition) is 3. The van der Waals surface area contributed by atoms with Crippen molar-refractivity contribution in [1.82, 2.24) is 4.90 Å². The van der Waals surface area contributed by atoms with Crippen LogP contribution in [-0.4, -0.2) is 41.0 Å². The average molecular weight is 438 g/mol. The first-order chi connectivity index (χ1) is 14.5. The van der Waals surface area contributed by atoms with Crippen molar-refractivity contribution in [1.29, 1.82) is 0 Å². The molecule has 2 N–H and O–H groups in total. The zero-order valence-electron chi connectivity index (χ0n) is 17.0. The van der Waals surface area contributed by atoms with Crippen molar-refractivity contribution in [2.45, 2.75) is 38.9 Å². The van der Waals surface area contributed by atoms with E-state index in [-0.39, 0.29) is 30.5 Å². The van der Waals surface area contributed by atoms with E-state index in [1.165, 1.54) is 0 Å². The molecule has 166 valence electrons. The molecule has 0 saturated heterocycles. The predicted octanol–water partition coefficient (Wildman–Crippen LogP) is 3.71. The molecule has 1 atom stereocenters. The number of carbonyl (C=O) groups is 2. The molecule has 0 aliphatic carbocycles. The van der Waals surface area contributed by atoms with E-state index in [2.05, 4.69) is 5.32 Å². The van der Waals surface area contributed by atoms with Gasteiger partial charge in [0.05, 0.1) is 24.6 Å². The highest BCUT2D eigenvalue weighted by atomic mass is 19.4. The summed E-state index contributed by atoms with van der Waals surface area (Å²) in [5.41, 5.74) is 1.00. The third-order valence-electron chi connectivity index (χ3n) is 5.38. The van der Waals surface area contributed by atoms with Gasteiger partial charge in [0.15, 0.2) is 0 Å². The molecule has 1 aliphatic heterocycles. The molecule has 2 aromatic carbocycles. The lowest BCUT2D eigenvalue weighted by Crippen LogP contribution is -2.45. The minimum atomic E-state index is -4.81. The normalized spacial score (nSPS) is 14.9. The van der Waals surface area contributed by atoms with Crippen molar-refractivity contribution in [3.05, 3.63) is 64.0 Å². The third kappa shape index (κ3) is 4.71. The monoisotopic (exact) mass is 438 g/mol. The summed E-state index contributed by atoms with van der Waals surface area (Å²) in [6.07, 6.45) is -4.66. The Morgan fingerprint density at radius 3 is 2.58 bits per heavy atom. The van der Waals surface area contributed by atoms with Gasteiger partial charge < -0.3 is 15.3 Å². The molecule has 3 rings (SSSR count). The van der Waals surface area contributed by atoms with Crippen LogP contribution in [0.2, 0.25) is 0 Å². The van der Waals surface area contributed by atoms with Gasteiger partial charge in [-0.3, -0.25) is 9.59 Å². The zero-order valence-corrected chi connectivity index (χ0v) is 17.0. The summed E-state index contributed by atoms with van der Waals surface area (Å²) in [6.45, 7) is 3.72. The zero-order chi connectivity index (χ0) is 22.9. The number of alkyl halides is 3. The van der Waals surface area contributed by atoms with Gasteiger partial charge in [0.2, 0.25) is 5.91 Å². The van der Waals surface area contributed by atoms with Gasteiger partial charge in [-0.05, 0) is 55.2 Å². The largest absolute Gasteiger partial charge is 0.419 e. The van der Waals surface area contributed by atoms with E-state index in [0.717, 1.165) is 11.6 Å². The highest BCUT2D eigenvalue weighted by Gasteiger charge is 2.34. The number of rotatable bonds is 5. The minimum Gasteiger partial charge on any atom is -0.394 e. The summed E-state index contributed by atoms with van der Waals surface area (Å²) in [4.78, 5) is 26.9. The number of carbonyl (C=O) groups excluding carboxylic acids is 2. The number of nitrogens with one attached hydrogen (secondary N) is 1. The maximum atomic E-state index is 13.8. The van der Waals surface area contributed by atoms with Crippen molar-refractivity contribution in [3.63, 3.8) is 0 Å². The van der Waals surface area contributed by atoms with Gasteiger partial charge in [-0.1, -0.05) is 12.1 Å². The fourth-order valence-corrected chi connectivity index (χ4v) is 3.67. The Bertz CT molecular complexity index is 1020. The maximum absolute atomic E-state index is 13.8. The fourth-order valence-electron chi connectivity index (χ4n) is 3.67. The Morgan fingerprint density at radius 2 is 1.97 bits per heavy atom. The smallest absolute Gasteiger partial charge is 0.394 e. The summed E-state index contributed by atoms with van der Waals surface area (Å²) in [5, 5.41) is 12.1. The number of anilines is 1. The van der Waals surface area contributed by atoms with Crippen LogP contribution in [0, 0.1) is 12.7 Å². The van der Waals surface area contributed by atoms with Gasteiger partial charge in [-0.15, -0.1) is 0 Å². The number of halogens is 4. The molecule has 0 aromatic heterocycles. The quantitative estimate of drug-likeness (QED) is 0.700. The van der Waals surface area contributed by atoms with Crippen LogP contribution in [0.1, 0.15) is 39.5 Å². The van der Waals surface area contributed by atoms with Crippen molar-refractivity contribution in [2.24, 2.45) is 0 Å². The van der Waals surface area contributed by atoms with Crippen LogP contribution in [0.4, 0.5) is 23.2 Å². The fraction of sp³-hybridized carbons (Fsp3) is 0.364. The van der Waals surface area contributed by atoms with Crippen LogP contribution in [-0.2, 0) is 23.8 Å². The topological polar surface area (TPSA) is 69.6 Å². The Kier molecular flexibility index (Phi) is 6.35. The van der Waals surface area contributed by atoms with E-state index in [0.29, 0.717) is 41.9 Å².